The standard InChI is InChI=1S/C23H30N4O2/c1-16-5-6-21-18(14-16)4-3-10-26(21)23-20-15-25(17(2)28)11-7-22(20)27(24-23)19-8-12-29-13-9-19/h5-6,14,19H,3-4,7-13,15H2,1-2H3. The van der Waals surface area contributed by atoms with Crippen molar-refractivity contribution >= 4 is 17.4 Å². The third kappa shape index (κ3) is 3.33. The molecule has 6 heteroatoms. The van der Waals surface area contributed by atoms with Crippen molar-refractivity contribution in [2.24, 2.45) is 0 Å². The molecule has 154 valence electrons. The molecule has 0 bridgehead atoms. The van der Waals surface area contributed by atoms with E-state index in [1.54, 1.807) is 6.92 Å². The van der Waals surface area contributed by atoms with Crippen molar-refractivity contribution in [3.63, 3.8) is 0 Å². The highest BCUT2D eigenvalue weighted by molar-refractivity contribution is 5.75. The smallest absolute Gasteiger partial charge is 0.219 e. The molecule has 29 heavy (non-hydrogen) atoms. The van der Waals surface area contributed by atoms with Gasteiger partial charge in [-0.15, -0.1) is 0 Å². The summed E-state index contributed by atoms with van der Waals surface area (Å²) in [7, 11) is 0. The Kier molecular flexibility index (Phi) is 4.82. The molecule has 4 heterocycles. The second-order valence-electron chi connectivity index (χ2n) is 8.61. The lowest BCUT2D eigenvalue weighted by Gasteiger charge is -2.32. The van der Waals surface area contributed by atoms with Gasteiger partial charge in [0.2, 0.25) is 5.91 Å². The lowest BCUT2D eigenvalue weighted by Crippen LogP contribution is -2.36. The fourth-order valence-electron chi connectivity index (χ4n) is 5.09. The molecule has 5 rings (SSSR count). The van der Waals surface area contributed by atoms with E-state index in [-0.39, 0.29) is 5.91 Å². The van der Waals surface area contributed by atoms with Crippen molar-refractivity contribution in [3.05, 3.63) is 40.6 Å². The number of nitrogens with zero attached hydrogens (tertiary/aromatic N) is 4. The van der Waals surface area contributed by atoms with E-state index in [1.165, 1.54) is 28.1 Å². The molecule has 0 unspecified atom stereocenters. The van der Waals surface area contributed by atoms with E-state index in [2.05, 4.69) is 34.7 Å². The second kappa shape index (κ2) is 7.48. The molecule has 1 amide bonds. The number of carbonyl (C=O) groups is 1. The van der Waals surface area contributed by atoms with Crippen molar-refractivity contribution < 1.29 is 9.53 Å². The van der Waals surface area contributed by atoms with Gasteiger partial charge in [-0.1, -0.05) is 17.7 Å². The van der Waals surface area contributed by atoms with Crippen LogP contribution in [0.25, 0.3) is 0 Å². The Morgan fingerprint density at radius 1 is 1.17 bits per heavy atom. The number of anilines is 2. The molecular weight excluding hydrogens is 364 g/mol. The predicted molar refractivity (Wildman–Crippen MR) is 113 cm³/mol. The quantitative estimate of drug-likeness (QED) is 0.782. The van der Waals surface area contributed by atoms with Crippen LogP contribution in [-0.2, 0) is 28.9 Å². The SMILES string of the molecule is CC(=O)N1CCc2c(c(N3CCCc4cc(C)ccc43)nn2C2CCOCC2)C1. The van der Waals surface area contributed by atoms with Crippen molar-refractivity contribution in [1.29, 1.82) is 0 Å². The number of fused-ring (bicyclic) bond motifs is 2. The molecule has 1 saturated heterocycles. The molecule has 0 spiro atoms. The van der Waals surface area contributed by atoms with Gasteiger partial charge < -0.3 is 14.5 Å². The summed E-state index contributed by atoms with van der Waals surface area (Å²) < 4.78 is 7.88. The van der Waals surface area contributed by atoms with E-state index >= 15 is 0 Å². The van der Waals surface area contributed by atoms with Crippen molar-refractivity contribution in [2.75, 3.05) is 31.2 Å². The third-order valence-electron chi connectivity index (χ3n) is 6.66. The first kappa shape index (κ1) is 18.7. The molecular formula is C23H30N4O2. The zero-order chi connectivity index (χ0) is 20.0. The highest BCUT2D eigenvalue weighted by Gasteiger charge is 2.33. The van der Waals surface area contributed by atoms with Gasteiger partial charge in [0.15, 0.2) is 5.82 Å². The molecule has 0 aliphatic carbocycles. The van der Waals surface area contributed by atoms with Gasteiger partial charge in [0.05, 0.1) is 12.6 Å². The average Bonchev–Trinajstić information content (AvgIpc) is 3.12. The van der Waals surface area contributed by atoms with E-state index in [4.69, 9.17) is 9.84 Å². The first-order valence-electron chi connectivity index (χ1n) is 10.9. The summed E-state index contributed by atoms with van der Waals surface area (Å²) in [4.78, 5) is 16.5. The maximum absolute atomic E-state index is 12.1. The molecule has 3 aliphatic heterocycles. The summed E-state index contributed by atoms with van der Waals surface area (Å²) in [5.74, 6) is 1.21. The number of hydrogen-bond donors (Lipinski definition) is 0. The molecule has 0 radical (unpaired) electrons. The van der Waals surface area contributed by atoms with Gasteiger partial charge in [-0.3, -0.25) is 9.48 Å². The Balaban J connectivity index is 1.60. The minimum Gasteiger partial charge on any atom is -0.381 e. The largest absolute Gasteiger partial charge is 0.381 e. The van der Waals surface area contributed by atoms with Gasteiger partial charge in [-0.05, 0) is 44.2 Å². The van der Waals surface area contributed by atoms with E-state index in [9.17, 15) is 4.79 Å². The molecule has 3 aliphatic rings. The van der Waals surface area contributed by atoms with E-state index in [0.717, 1.165) is 64.2 Å². The van der Waals surface area contributed by atoms with Gasteiger partial charge in [0.1, 0.15) is 0 Å². The Morgan fingerprint density at radius 3 is 2.79 bits per heavy atom. The van der Waals surface area contributed by atoms with Crippen LogP contribution in [0.4, 0.5) is 11.5 Å². The number of benzene rings is 1. The molecule has 6 nitrogen and oxygen atoms in total. The number of amides is 1. The number of rotatable bonds is 2. The lowest BCUT2D eigenvalue weighted by molar-refractivity contribution is -0.129. The van der Waals surface area contributed by atoms with Gasteiger partial charge in [0, 0.05) is 56.6 Å². The van der Waals surface area contributed by atoms with E-state index in [0.29, 0.717) is 12.6 Å². The summed E-state index contributed by atoms with van der Waals surface area (Å²) in [5, 5.41) is 5.20. The van der Waals surface area contributed by atoms with Crippen LogP contribution in [0.2, 0.25) is 0 Å². The molecule has 0 N–H and O–H groups in total. The Labute approximate surface area is 172 Å². The van der Waals surface area contributed by atoms with Crippen LogP contribution in [0.15, 0.2) is 18.2 Å². The Bertz CT molecular complexity index is 929. The Morgan fingerprint density at radius 2 is 2.00 bits per heavy atom. The fourth-order valence-corrected chi connectivity index (χ4v) is 5.09. The van der Waals surface area contributed by atoms with E-state index in [1.807, 2.05) is 4.90 Å². The molecule has 1 aromatic heterocycles. The normalized spacial score (nSPS) is 19.8. The Hall–Kier alpha value is -2.34. The molecule has 0 saturated carbocycles. The zero-order valence-corrected chi connectivity index (χ0v) is 17.5. The molecule has 1 fully saturated rings. The summed E-state index contributed by atoms with van der Waals surface area (Å²) in [6.45, 7) is 7.87. The van der Waals surface area contributed by atoms with Crippen LogP contribution < -0.4 is 4.90 Å². The average molecular weight is 395 g/mol. The second-order valence-corrected chi connectivity index (χ2v) is 8.61. The first-order valence-corrected chi connectivity index (χ1v) is 10.9. The third-order valence-corrected chi connectivity index (χ3v) is 6.66. The van der Waals surface area contributed by atoms with Crippen LogP contribution in [0.1, 0.15) is 54.6 Å². The molecule has 1 aromatic carbocycles. The number of ether oxygens (including phenoxy) is 1. The predicted octanol–water partition coefficient (Wildman–Crippen LogP) is 3.53. The maximum Gasteiger partial charge on any atom is 0.219 e. The topological polar surface area (TPSA) is 50.6 Å². The van der Waals surface area contributed by atoms with E-state index < -0.39 is 0 Å². The lowest BCUT2D eigenvalue weighted by atomic mass is 9.98. The van der Waals surface area contributed by atoms with Gasteiger partial charge in [-0.2, -0.15) is 5.10 Å². The first-order chi connectivity index (χ1) is 14.1. The minimum absolute atomic E-state index is 0.148. The van der Waals surface area contributed by atoms with Gasteiger partial charge in [-0.25, -0.2) is 0 Å². The number of hydrogen-bond acceptors (Lipinski definition) is 4. The van der Waals surface area contributed by atoms with Gasteiger partial charge >= 0.3 is 0 Å². The van der Waals surface area contributed by atoms with Crippen molar-refractivity contribution in [1.82, 2.24) is 14.7 Å². The number of aryl methyl sites for hydroxylation is 2. The monoisotopic (exact) mass is 394 g/mol. The summed E-state index contributed by atoms with van der Waals surface area (Å²) in [6, 6.07) is 7.15. The van der Waals surface area contributed by atoms with Crippen LogP contribution >= 0.6 is 0 Å². The van der Waals surface area contributed by atoms with Crippen LogP contribution in [0.3, 0.4) is 0 Å². The van der Waals surface area contributed by atoms with Crippen LogP contribution in [0.5, 0.6) is 0 Å². The van der Waals surface area contributed by atoms with Gasteiger partial charge in [0.25, 0.3) is 0 Å². The highest BCUT2D eigenvalue weighted by atomic mass is 16.5. The number of aromatic nitrogens is 2. The summed E-state index contributed by atoms with van der Waals surface area (Å²) >= 11 is 0. The zero-order valence-electron chi connectivity index (χ0n) is 17.5. The maximum atomic E-state index is 12.1. The summed E-state index contributed by atoms with van der Waals surface area (Å²) in [5.41, 5.74) is 6.56. The number of carbonyl (C=O) groups excluding carboxylic acids is 1. The van der Waals surface area contributed by atoms with Crippen molar-refractivity contribution in [2.45, 2.75) is 58.5 Å². The fraction of sp³-hybridized carbons (Fsp3) is 0.565. The molecule has 0 atom stereocenters. The van der Waals surface area contributed by atoms with Crippen molar-refractivity contribution in [3.8, 4) is 0 Å². The summed E-state index contributed by atoms with van der Waals surface area (Å²) in [6.07, 6.45) is 5.16. The minimum atomic E-state index is 0.148. The van der Waals surface area contributed by atoms with Crippen LogP contribution in [-0.4, -0.2) is 46.9 Å². The van der Waals surface area contributed by atoms with Crippen LogP contribution in [0, 0.1) is 6.92 Å². The highest BCUT2D eigenvalue weighted by Crippen LogP contribution is 2.39. The molecule has 2 aromatic rings.